The van der Waals surface area contributed by atoms with E-state index in [1.54, 1.807) is 23.1 Å². The Labute approximate surface area is 187 Å². The van der Waals surface area contributed by atoms with Crippen LogP contribution in [0.4, 0.5) is 20.6 Å². The molecule has 3 aromatic heterocycles. The van der Waals surface area contributed by atoms with Crippen LogP contribution in [0.2, 0.25) is 0 Å². The van der Waals surface area contributed by atoms with E-state index in [0.29, 0.717) is 11.4 Å². The fourth-order valence-corrected chi connectivity index (χ4v) is 3.24. The number of hydrogen-bond donors (Lipinski definition) is 2. The van der Waals surface area contributed by atoms with Crippen LogP contribution >= 0.6 is 11.5 Å². The summed E-state index contributed by atoms with van der Waals surface area (Å²) in [7, 11) is 0. The molecule has 164 valence electrons. The summed E-state index contributed by atoms with van der Waals surface area (Å²) in [5.41, 5.74) is 1.77. The molecular weight excluding hydrogens is 433 g/mol. The topological polar surface area (TPSA) is 107 Å². The van der Waals surface area contributed by atoms with E-state index in [1.807, 2.05) is 26.2 Å². The van der Waals surface area contributed by atoms with E-state index < -0.39 is 11.8 Å². The van der Waals surface area contributed by atoms with Gasteiger partial charge in [0.05, 0.1) is 35.0 Å². The van der Waals surface area contributed by atoms with Gasteiger partial charge in [-0.05, 0) is 44.4 Å². The average molecular weight is 454 g/mol. The average Bonchev–Trinajstić information content (AvgIpc) is 3.42. The van der Waals surface area contributed by atoms with Gasteiger partial charge in [-0.15, -0.1) is 0 Å². The predicted octanol–water partition coefficient (Wildman–Crippen LogP) is 5.13. The first-order valence-electron chi connectivity index (χ1n) is 9.60. The first-order valence-corrected chi connectivity index (χ1v) is 10.4. The Morgan fingerprint density at radius 2 is 2.00 bits per heavy atom. The number of carbonyl (C=O) groups is 1. The van der Waals surface area contributed by atoms with Gasteiger partial charge in [-0.1, -0.05) is 0 Å². The van der Waals surface area contributed by atoms with Crippen LogP contribution in [-0.2, 0) is 5.54 Å². The number of anilines is 2. The lowest BCUT2D eigenvalue weighted by Crippen LogP contribution is -2.22. The molecule has 0 bridgehead atoms. The molecule has 4 aromatic rings. The maximum absolute atomic E-state index is 14.5. The molecule has 9 nitrogen and oxygen atoms in total. The smallest absolute Gasteiger partial charge is 0.323 e. The van der Waals surface area contributed by atoms with E-state index in [2.05, 4.69) is 30.1 Å². The molecule has 2 amide bonds. The molecule has 0 fully saturated rings. The van der Waals surface area contributed by atoms with Crippen LogP contribution in [-0.4, -0.2) is 30.2 Å². The molecule has 2 N–H and O–H groups in total. The van der Waals surface area contributed by atoms with E-state index in [4.69, 9.17) is 4.74 Å². The molecule has 0 aliphatic heterocycles. The number of aromatic nitrogens is 5. The first-order chi connectivity index (χ1) is 15.3. The molecule has 32 heavy (non-hydrogen) atoms. The molecule has 0 saturated carbocycles. The highest BCUT2D eigenvalue weighted by molar-refractivity contribution is 7.03. The summed E-state index contributed by atoms with van der Waals surface area (Å²) in [5.74, 6) is -0.165. The van der Waals surface area contributed by atoms with Crippen molar-refractivity contribution < 1.29 is 13.9 Å². The number of carbonyl (C=O) groups excluding carboxylic acids is 1. The van der Waals surface area contributed by atoms with E-state index in [1.165, 1.54) is 42.3 Å². The lowest BCUT2D eigenvalue weighted by atomic mass is 10.1. The van der Waals surface area contributed by atoms with Gasteiger partial charge in [-0.2, -0.15) is 5.10 Å². The van der Waals surface area contributed by atoms with Crippen molar-refractivity contribution in [3.05, 3.63) is 60.4 Å². The Kier molecular flexibility index (Phi) is 5.82. The first kappa shape index (κ1) is 21.4. The van der Waals surface area contributed by atoms with Gasteiger partial charge >= 0.3 is 6.03 Å². The summed E-state index contributed by atoms with van der Waals surface area (Å²) in [6.45, 7) is 5.97. The Hall–Kier alpha value is -3.86. The monoisotopic (exact) mass is 453 g/mol. The highest BCUT2D eigenvalue weighted by Crippen LogP contribution is 2.27. The Morgan fingerprint density at radius 3 is 2.69 bits per heavy atom. The van der Waals surface area contributed by atoms with Gasteiger partial charge in [0.1, 0.15) is 17.9 Å². The molecule has 0 atom stereocenters. The number of halogens is 1. The van der Waals surface area contributed by atoms with Gasteiger partial charge in [-0.3, -0.25) is 4.68 Å². The summed E-state index contributed by atoms with van der Waals surface area (Å²) in [6, 6.07) is 5.16. The zero-order valence-electron chi connectivity index (χ0n) is 17.5. The van der Waals surface area contributed by atoms with Crippen molar-refractivity contribution in [3.63, 3.8) is 0 Å². The van der Waals surface area contributed by atoms with Gasteiger partial charge in [0.2, 0.25) is 5.88 Å². The van der Waals surface area contributed by atoms with Crippen molar-refractivity contribution in [2.75, 3.05) is 10.6 Å². The van der Waals surface area contributed by atoms with Crippen LogP contribution in [0.25, 0.3) is 11.3 Å². The van der Waals surface area contributed by atoms with Crippen LogP contribution in [0.3, 0.4) is 0 Å². The SMILES string of the molecule is CC(C)(C)n1cc(NC(=O)Nc2ccc(Oc3cc(-c4cnsc4)ncn3)cc2F)cn1. The fraction of sp³-hybridized carbons (Fsp3) is 0.190. The minimum atomic E-state index is -0.653. The van der Waals surface area contributed by atoms with Gasteiger partial charge in [-0.25, -0.2) is 23.5 Å². The molecule has 0 aliphatic carbocycles. The molecule has 0 radical (unpaired) electrons. The Morgan fingerprint density at radius 1 is 1.16 bits per heavy atom. The second-order valence-electron chi connectivity index (χ2n) is 7.82. The minimum Gasteiger partial charge on any atom is -0.439 e. The van der Waals surface area contributed by atoms with Gasteiger partial charge in [0.25, 0.3) is 0 Å². The van der Waals surface area contributed by atoms with E-state index >= 15 is 0 Å². The zero-order valence-corrected chi connectivity index (χ0v) is 18.4. The molecule has 0 unspecified atom stereocenters. The second-order valence-corrected chi connectivity index (χ2v) is 8.48. The third-order valence-electron chi connectivity index (χ3n) is 4.31. The maximum Gasteiger partial charge on any atom is 0.323 e. The lowest BCUT2D eigenvalue weighted by Gasteiger charge is -2.18. The summed E-state index contributed by atoms with van der Waals surface area (Å²) < 4.78 is 25.9. The van der Waals surface area contributed by atoms with Crippen molar-refractivity contribution >= 4 is 28.9 Å². The van der Waals surface area contributed by atoms with Crippen molar-refractivity contribution in [2.45, 2.75) is 26.3 Å². The standard InChI is InChI=1S/C21H20FN7O2S/c1-21(2,3)29-10-14(9-25-29)27-20(30)28-17-5-4-15(6-16(17)22)31-19-7-18(23-12-24-19)13-8-26-32-11-13/h4-12H,1-3H3,(H2,27,28,30). The zero-order chi connectivity index (χ0) is 22.7. The summed E-state index contributed by atoms with van der Waals surface area (Å²) in [6.07, 6.45) is 6.28. The van der Waals surface area contributed by atoms with Crippen LogP contribution in [0.15, 0.2) is 54.6 Å². The maximum atomic E-state index is 14.5. The normalized spacial score (nSPS) is 11.2. The highest BCUT2D eigenvalue weighted by Gasteiger charge is 2.15. The fourth-order valence-electron chi connectivity index (χ4n) is 2.70. The highest BCUT2D eigenvalue weighted by atomic mass is 32.1. The summed E-state index contributed by atoms with van der Waals surface area (Å²) in [4.78, 5) is 20.5. The van der Waals surface area contributed by atoms with Crippen LogP contribution in [0.1, 0.15) is 20.8 Å². The van der Waals surface area contributed by atoms with E-state index in [-0.39, 0.29) is 22.9 Å². The number of ether oxygens (including phenoxy) is 1. The molecule has 11 heteroatoms. The third-order valence-corrected chi connectivity index (χ3v) is 4.90. The van der Waals surface area contributed by atoms with Crippen LogP contribution < -0.4 is 15.4 Å². The minimum absolute atomic E-state index is 0.00536. The number of amides is 2. The van der Waals surface area contributed by atoms with Gasteiger partial charge in [0, 0.05) is 29.3 Å². The Bertz CT molecular complexity index is 1240. The lowest BCUT2D eigenvalue weighted by molar-refractivity contribution is 0.262. The summed E-state index contributed by atoms with van der Waals surface area (Å²) in [5, 5.41) is 11.2. The molecule has 3 heterocycles. The summed E-state index contributed by atoms with van der Waals surface area (Å²) >= 11 is 1.31. The predicted molar refractivity (Wildman–Crippen MR) is 119 cm³/mol. The molecule has 0 aliphatic rings. The van der Waals surface area contributed by atoms with Crippen LogP contribution in [0.5, 0.6) is 11.6 Å². The number of nitrogens with one attached hydrogen (secondary N) is 2. The number of benzene rings is 1. The van der Waals surface area contributed by atoms with Gasteiger partial charge in [0.15, 0.2) is 0 Å². The van der Waals surface area contributed by atoms with Crippen molar-refractivity contribution in [1.29, 1.82) is 0 Å². The number of rotatable bonds is 5. The van der Waals surface area contributed by atoms with E-state index in [0.717, 1.165) is 5.56 Å². The molecule has 0 spiro atoms. The van der Waals surface area contributed by atoms with Crippen molar-refractivity contribution in [3.8, 4) is 22.9 Å². The molecule has 4 rings (SSSR count). The number of nitrogens with zero attached hydrogens (tertiary/aromatic N) is 5. The van der Waals surface area contributed by atoms with E-state index in [9.17, 15) is 9.18 Å². The Balaban J connectivity index is 1.41. The molecular formula is C21H20FN7O2S. The van der Waals surface area contributed by atoms with Crippen LogP contribution in [0, 0.1) is 5.82 Å². The van der Waals surface area contributed by atoms with Crippen molar-refractivity contribution in [1.82, 2.24) is 24.1 Å². The largest absolute Gasteiger partial charge is 0.439 e. The van der Waals surface area contributed by atoms with Crippen molar-refractivity contribution in [2.24, 2.45) is 0 Å². The second kappa shape index (κ2) is 8.71. The quantitative estimate of drug-likeness (QED) is 0.434. The third kappa shape index (κ3) is 5.06. The number of hydrogen-bond acceptors (Lipinski definition) is 7. The molecule has 1 aromatic carbocycles. The van der Waals surface area contributed by atoms with Gasteiger partial charge < -0.3 is 15.4 Å². The molecule has 0 saturated heterocycles. The number of urea groups is 1.